The minimum atomic E-state index is -0.183. The molecule has 0 radical (unpaired) electrons. The molecule has 3 N–H and O–H groups in total. The van der Waals surface area contributed by atoms with Gasteiger partial charge in [0.05, 0.1) is 0 Å². The number of benzene rings is 1. The molecule has 0 atom stereocenters. The van der Waals surface area contributed by atoms with Gasteiger partial charge in [0.15, 0.2) is 0 Å². The summed E-state index contributed by atoms with van der Waals surface area (Å²) in [5.74, 6) is -0.131. The van der Waals surface area contributed by atoms with Crippen LogP contribution in [0.1, 0.15) is 39.0 Å². The highest BCUT2D eigenvalue weighted by Gasteiger charge is 2.15. The Hall–Kier alpha value is -2.04. The molecule has 1 aliphatic carbocycles. The van der Waals surface area contributed by atoms with E-state index in [0.717, 1.165) is 12.8 Å². The van der Waals surface area contributed by atoms with Crippen molar-refractivity contribution in [3.05, 3.63) is 24.3 Å². The van der Waals surface area contributed by atoms with Crippen LogP contribution < -0.4 is 16.0 Å². The Bertz CT molecular complexity index is 482. The second kappa shape index (κ2) is 6.93. The molecule has 5 nitrogen and oxygen atoms in total. The molecule has 0 bridgehead atoms. The first-order valence-electron chi connectivity index (χ1n) is 7.08. The van der Waals surface area contributed by atoms with Crippen LogP contribution in [0.4, 0.5) is 16.2 Å². The number of carbonyl (C=O) groups excluding carboxylic acids is 2. The molecule has 3 amide bonds. The van der Waals surface area contributed by atoms with Gasteiger partial charge in [0.2, 0.25) is 5.91 Å². The van der Waals surface area contributed by atoms with Crippen molar-refractivity contribution in [3.63, 3.8) is 0 Å². The maximum absolute atomic E-state index is 11.9. The van der Waals surface area contributed by atoms with E-state index >= 15 is 0 Å². The number of nitrogens with one attached hydrogen (secondary N) is 3. The van der Waals surface area contributed by atoms with Gasteiger partial charge in [0.1, 0.15) is 0 Å². The number of rotatable bonds is 3. The van der Waals surface area contributed by atoms with Gasteiger partial charge in [0.25, 0.3) is 0 Å². The van der Waals surface area contributed by atoms with Crippen molar-refractivity contribution in [2.75, 3.05) is 10.6 Å². The third-order valence-electron chi connectivity index (χ3n) is 3.38. The molecule has 20 heavy (non-hydrogen) atoms. The van der Waals surface area contributed by atoms with Crippen molar-refractivity contribution < 1.29 is 9.59 Å². The van der Waals surface area contributed by atoms with Gasteiger partial charge >= 0.3 is 6.03 Å². The number of carbonyl (C=O) groups is 2. The van der Waals surface area contributed by atoms with Crippen molar-refractivity contribution in [3.8, 4) is 0 Å². The van der Waals surface area contributed by atoms with E-state index in [-0.39, 0.29) is 18.0 Å². The Morgan fingerprint density at radius 1 is 1.05 bits per heavy atom. The van der Waals surface area contributed by atoms with Gasteiger partial charge in [-0.2, -0.15) is 0 Å². The second-order valence-corrected chi connectivity index (χ2v) is 5.20. The Balaban J connectivity index is 1.88. The minimum absolute atomic E-state index is 0.131. The van der Waals surface area contributed by atoms with Crippen molar-refractivity contribution in [1.82, 2.24) is 5.32 Å². The smallest absolute Gasteiger partial charge is 0.319 e. The molecule has 1 fully saturated rings. The van der Waals surface area contributed by atoms with E-state index in [0.29, 0.717) is 11.4 Å². The van der Waals surface area contributed by atoms with Crippen molar-refractivity contribution in [2.45, 2.75) is 45.1 Å². The highest BCUT2D eigenvalue weighted by atomic mass is 16.2. The quantitative estimate of drug-likeness (QED) is 0.793. The van der Waals surface area contributed by atoms with E-state index in [1.165, 1.54) is 26.2 Å². The predicted octanol–water partition coefficient (Wildman–Crippen LogP) is 3.10. The molecule has 0 spiro atoms. The van der Waals surface area contributed by atoms with Gasteiger partial charge in [-0.3, -0.25) is 4.79 Å². The molecular formula is C15H21N3O2. The maximum atomic E-state index is 11.9. The largest absolute Gasteiger partial charge is 0.335 e. The van der Waals surface area contributed by atoms with Crippen LogP contribution >= 0.6 is 0 Å². The fraction of sp³-hybridized carbons (Fsp3) is 0.467. The standard InChI is InChI=1S/C15H21N3O2/c1-11(19)16-13-8-5-9-14(10-13)18-15(20)17-12-6-3-2-4-7-12/h5,8-10,12H,2-4,6-7H2,1H3,(H,16,19)(H2,17,18,20). The predicted molar refractivity (Wildman–Crippen MR) is 79.8 cm³/mol. The zero-order valence-electron chi connectivity index (χ0n) is 11.7. The van der Waals surface area contributed by atoms with Crippen LogP contribution in [0.25, 0.3) is 0 Å². The van der Waals surface area contributed by atoms with E-state index in [9.17, 15) is 9.59 Å². The second-order valence-electron chi connectivity index (χ2n) is 5.20. The Kier molecular flexibility index (Phi) is 4.98. The molecule has 0 unspecified atom stereocenters. The zero-order chi connectivity index (χ0) is 14.4. The lowest BCUT2D eigenvalue weighted by molar-refractivity contribution is -0.114. The normalized spacial score (nSPS) is 15.4. The van der Waals surface area contributed by atoms with Gasteiger partial charge in [-0.1, -0.05) is 25.3 Å². The van der Waals surface area contributed by atoms with Crippen molar-refractivity contribution in [1.29, 1.82) is 0 Å². The van der Waals surface area contributed by atoms with Gasteiger partial charge in [0, 0.05) is 24.3 Å². The summed E-state index contributed by atoms with van der Waals surface area (Å²) in [5.41, 5.74) is 1.34. The molecule has 0 aromatic heterocycles. The molecule has 108 valence electrons. The average Bonchev–Trinajstić information content (AvgIpc) is 2.39. The number of anilines is 2. The third-order valence-corrected chi connectivity index (χ3v) is 3.38. The first-order chi connectivity index (χ1) is 9.63. The lowest BCUT2D eigenvalue weighted by Crippen LogP contribution is -2.39. The lowest BCUT2D eigenvalue weighted by Gasteiger charge is -2.22. The summed E-state index contributed by atoms with van der Waals surface area (Å²) in [6.07, 6.45) is 5.74. The molecule has 0 aliphatic heterocycles. The molecular weight excluding hydrogens is 254 g/mol. The molecule has 1 aromatic carbocycles. The van der Waals surface area contributed by atoms with Crippen molar-refractivity contribution in [2.24, 2.45) is 0 Å². The fourth-order valence-corrected chi connectivity index (χ4v) is 2.48. The summed E-state index contributed by atoms with van der Waals surface area (Å²) < 4.78 is 0. The first-order valence-corrected chi connectivity index (χ1v) is 7.08. The summed E-state index contributed by atoms with van der Waals surface area (Å²) in [6, 6.07) is 7.21. The van der Waals surface area contributed by atoms with Crippen LogP contribution in [0, 0.1) is 0 Å². The minimum Gasteiger partial charge on any atom is -0.335 e. The topological polar surface area (TPSA) is 70.2 Å². The molecule has 2 rings (SSSR count). The van der Waals surface area contributed by atoms with E-state index in [2.05, 4.69) is 16.0 Å². The third kappa shape index (κ3) is 4.57. The van der Waals surface area contributed by atoms with E-state index in [4.69, 9.17) is 0 Å². The molecule has 1 aliphatic rings. The van der Waals surface area contributed by atoms with Crippen LogP contribution in [0.15, 0.2) is 24.3 Å². The Morgan fingerprint density at radius 3 is 2.35 bits per heavy atom. The highest BCUT2D eigenvalue weighted by Crippen LogP contribution is 2.18. The van der Waals surface area contributed by atoms with Gasteiger partial charge in [-0.05, 0) is 31.0 Å². The van der Waals surface area contributed by atoms with Gasteiger partial charge in [-0.15, -0.1) is 0 Å². The zero-order valence-corrected chi connectivity index (χ0v) is 11.7. The van der Waals surface area contributed by atoms with Crippen LogP contribution in [0.5, 0.6) is 0 Å². The van der Waals surface area contributed by atoms with Gasteiger partial charge < -0.3 is 16.0 Å². The number of urea groups is 1. The van der Waals surface area contributed by atoms with Crippen molar-refractivity contribution >= 4 is 23.3 Å². The lowest BCUT2D eigenvalue weighted by atomic mass is 9.96. The summed E-state index contributed by atoms with van der Waals surface area (Å²) >= 11 is 0. The average molecular weight is 275 g/mol. The van der Waals surface area contributed by atoms with E-state index < -0.39 is 0 Å². The van der Waals surface area contributed by atoms with Crippen LogP contribution in [-0.4, -0.2) is 18.0 Å². The van der Waals surface area contributed by atoms with E-state index in [1.807, 2.05) is 0 Å². The van der Waals surface area contributed by atoms with Gasteiger partial charge in [-0.25, -0.2) is 4.79 Å². The molecule has 1 aromatic rings. The first kappa shape index (κ1) is 14.4. The Morgan fingerprint density at radius 2 is 1.70 bits per heavy atom. The van der Waals surface area contributed by atoms with Crippen LogP contribution in [-0.2, 0) is 4.79 Å². The van der Waals surface area contributed by atoms with Crippen LogP contribution in [0.2, 0.25) is 0 Å². The Labute approximate surface area is 119 Å². The molecule has 1 saturated carbocycles. The summed E-state index contributed by atoms with van der Waals surface area (Å²) in [6.45, 7) is 1.45. The summed E-state index contributed by atoms with van der Waals surface area (Å²) in [4.78, 5) is 22.9. The number of hydrogen-bond donors (Lipinski definition) is 3. The number of hydrogen-bond acceptors (Lipinski definition) is 2. The number of amides is 3. The maximum Gasteiger partial charge on any atom is 0.319 e. The summed E-state index contributed by atoms with van der Waals surface area (Å²) in [7, 11) is 0. The fourth-order valence-electron chi connectivity index (χ4n) is 2.48. The SMILES string of the molecule is CC(=O)Nc1cccc(NC(=O)NC2CCCCC2)c1. The van der Waals surface area contributed by atoms with Crippen LogP contribution in [0.3, 0.4) is 0 Å². The highest BCUT2D eigenvalue weighted by molar-refractivity contribution is 5.92. The molecule has 0 heterocycles. The molecule has 0 saturated heterocycles. The van der Waals surface area contributed by atoms with E-state index in [1.54, 1.807) is 24.3 Å². The summed E-state index contributed by atoms with van der Waals surface area (Å²) in [5, 5.41) is 8.48. The monoisotopic (exact) mass is 275 g/mol. The molecule has 5 heteroatoms.